The molecule has 2 fully saturated rings. The Morgan fingerprint density at radius 1 is 0.884 bits per heavy atom. The molecule has 1 N–H and O–H groups in total. The van der Waals surface area contributed by atoms with E-state index in [-0.39, 0.29) is 39.8 Å². The van der Waals surface area contributed by atoms with Crippen molar-refractivity contribution in [2.24, 2.45) is 5.92 Å². The summed E-state index contributed by atoms with van der Waals surface area (Å²) in [5.41, 5.74) is 1.52. The summed E-state index contributed by atoms with van der Waals surface area (Å²) in [4.78, 5) is 0.0261. The summed E-state index contributed by atoms with van der Waals surface area (Å²) in [5.74, 6) is 1.33. The summed E-state index contributed by atoms with van der Waals surface area (Å²) in [6, 6.07) is 11.9. The summed E-state index contributed by atoms with van der Waals surface area (Å²) in [5, 5.41) is 3.70. The Morgan fingerprint density at radius 2 is 1.60 bits per heavy atom. The smallest absolute Gasteiger partial charge is 0.268 e. The summed E-state index contributed by atoms with van der Waals surface area (Å²) in [6.07, 6.45) is 9.63. The van der Waals surface area contributed by atoms with Crippen LogP contribution in [0, 0.1) is 5.92 Å². The first-order valence-electron chi connectivity index (χ1n) is 15.3. The van der Waals surface area contributed by atoms with Crippen LogP contribution in [0.4, 0.5) is 5.69 Å². The highest BCUT2D eigenvalue weighted by Gasteiger charge is 2.39. The van der Waals surface area contributed by atoms with Crippen molar-refractivity contribution in [1.82, 2.24) is 9.62 Å². The summed E-state index contributed by atoms with van der Waals surface area (Å²) >= 11 is 0. The van der Waals surface area contributed by atoms with Crippen LogP contribution in [0.3, 0.4) is 0 Å². The van der Waals surface area contributed by atoms with Gasteiger partial charge in [-0.2, -0.15) is 0 Å². The number of nitrogens with one attached hydrogen (secondary N) is 1. The van der Waals surface area contributed by atoms with E-state index in [2.05, 4.69) is 5.32 Å². The van der Waals surface area contributed by atoms with Crippen LogP contribution in [-0.2, 0) is 26.5 Å². The minimum atomic E-state index is -4.07. The molecule has 43 heavy (non-hydrogen) atoms. The monoisotopic (exact) mass is 699 g/mol. The van der Waals surface area contributed by atoms with E-state index in [1.807, 2.05) is 18.2 Å². The molecule has 2 aromatic carbocycles. The van der Waals surface area contributed by atoms with Crippen LogP contribution >= 0.6 is 17.0 Å². The molecule has 0 amide bonds. The normalized spacial score (nSPS) is 20.7. The number of benzene rings is 2. The van der Waals surface area contributed by atoms with Gasteiger partial charge in [0.15, 0.2) is 0 Å². The molecule has 0 bridgehead atoms. The van der Waals surface area contributed by atoms with Gasteiger partial charge in [0, 0.05) is 31.2 Å². The molecular weight excluding hydrogens is 654 g/mol. The summed E-state index contributed by atoms with van der Waals surface area (Å²) < 4.78 is 69.1. The van der Waals surface area contributed by atoms with Gasteiger partial charge in [-0.15, -0.1) is 17.0 Å². The molecule has 2 aromatic rings. The molecular formula is C31H46BrN3O6S2. The van der Waals surface area contributed by atoms with Gasteiger partial charge < -0.3 is 14.8 Å². The van der Waals surface area contributed by atoms with Crippen molar-refractivity contribution in [1.29, 1.82) is 0 Å². The maximum Gasteiger partial charge on any atom is 0.268 e. The molecule has 2 aliphatic heterocycles. The van der Waals surface area contributed by atoms with Crippen LogP contribution in [0.5, 0.6) is 11.5 Å². The lowest BCUT2D eigenvalue weighted by molar-refractivity contribution is 0.264. The third-order valence-corrected chi connectivity index (χ3v) is 13.0. The molecule has 1 unspecified atom stereocenters. The van der Waals surface area contributed by atoms with Crippen LogP contribution < -0.4 is 19.1 Å². The average Bonchev–Trinajstić information content (AvgIpc) is 3.02. The lowest BCUT2D eigenvalue weighted by atomic mass is 9.89. The summed E-state index contributed by atoms with van der Waals surface area (Å²) in [7, 11) is -4.67. The first-order chi connectivity index (χ1) is 20.2. The van der Waals surface area contributed by atoms with Crippen molar-refractivity contribution in [2.45, 2.75) is 81.2 Å². The Hall–Kier alpha value is -1.86. The van der Waals surface area contributed by atoms with E-state index in [0.717, 1.165) is 30.9 Å². The third-order valence-electron chi connectivity index (χ3n) is 9.19. The van der Waals surface area contributed by atoms with E-state index < -0.39 is 26.1 Å². The van der Waals surface area contributed by atoms with Gasteiger partial charge in [-0.1, -0.05) is 37.5 Å². The molecule has 0 radical (unpaired) electrons. The number of fused-ring (bicyclic) bond motifs is 1. The molecule has 0 aromatic heterocycles. The molecule has 1 saturated heterocycles. The predicted octanol–water partition coefficient (Wildman–Crippen LogP) is 5.15. The molecule has 2 heterocycles. The largest absolute Gasteiger partial charge is 0.497 e. The van der Waals surface area contributed by atoms with Crippen LogP contribution in [0.25, 0.3) is 0 Å². The Bertz CT molecular complexity index is 1420. The number of hydrogen-bond acceptors (Lipinski definition) is 7. The Balaban J connectivity index is 0.00000423. The second kappa shape index (κ2) is 14.9. The van der Waals surface area contributed by atoms with E-state index >= 15 is 0 Å². The van der Waals surface area contributed by atoms with E-state index in [1.165, 1.54) is 56.7 Å². The fourth-order valence-corrected chi connectivity index (χ4v) is 10.2. The van der Waals surface area contributed by atoms with Crippen molar-refractivity contribution in [2.75, 3.05) is 43.9 Å². The SMILES string of the molecule is Br.COc1ccc(S(=O)(=O)N2c3ccccc3CCC2CCS(=O)(=O)N2CCC(NCC3CCCCC3)CC2)c(OC)c1. The number of methoxy groups -OCH3 is 2. The zero-order chi connectivity index (χ0) is 29.7. The van der Waals surface area contributed by atoms with Gasteiger partial charge in [-0.05, 0) is 81.2 Å². The van der Waals surface area contributed by atoms with E-state index in [9.17, 15) is 16.8 Å². The zero-order valence-corrected chi connectivity index (χ0v) is 28.6. The highest BCUT2D eigenvalue weighted by Crippen LogP contribution is 2.40. The number of ether oxygens (including phenoxy) is 2. The van der Waals surface area contributed by atoms with E-state index in [0.29, 0.717) is 43.4 Å². The van der Waals surface area contributed by atoms with Gasteiger partial charge in [0.1, 0.15) is 16.4 Å². The van der Waals surface area contributed by atoms with E-state index in [1.54, 1.807) is 22.5 Å². The number of nitrogens with zero attached hydrogens (tertiary/aromatic N) is 2. The zero-order valence-electron chi connectivity index (χ0n) is 25.2. The first-order valence-corrected chi connectivity index (χ1v) is 18.3. The number of piperidine rings is 1. The predicted molar refractivity (Wildman–Crippen MR) is 176 cm³/mol. The fourth-order valence-electron chi connectivity index (χ4n) is 6.73. The highest BCUT2D eigenvalue weighted by molar-refractivity contribution is 8.93. The molecule has 9 nitrogen and oxygen atoms in total. The molecule has 5 rings (SSSR count). The second-order valence-corrected chi connectivity index (χ2v) is 15.7. The van der Waals surface area contributed by atoms with Crippen LogP contribution in [0.15, 0.2) is 47.4 Å². The van der Waals surface area contributed by atoms with Crippen molar-refractivity contribution in [3.05, 3.63) is 48.0 Å². The third kappa shape index (κ3) is 7.87. The van der Waals surface area contributed by atoms with Crippen molar-refractivity contribution in [3.8, 4) is 11.5 Å². The molecule has 0 spiro atoms. The number of halogens is 1. The molecule has 1 saturated carbocycles. The average molecular weight is 701 g/mol. The molecule has 240 valence electrons. The topological polar surface area (TPSA) is 105 Å². The molecule has 12 heteroatoms. The van der Waals surface area contributed by atoms with Crippen LogP contribution in [0.2, 0.25) is 0 Å². The van der Waals surface area contributed by atoms with Crippen LogP contribution in [0.1, 0.15) is 63.4 Å². The molecule has 1 atom stereocenters. The lowest BCUT2D eigenvalue weighted by Gasteiger charge is -2.38. The van der Waals surface area contributed by atoms with Gasteiger partial charge in [-0.3, -0.25) is 4.31 Å². The van der Waals surface area contributed by atoms with Crippen molar-refractivity contribution < 1.29 is 26.3 Å². The molecule has 1 aliphatic carbocycles. The van der Waals surface area contributed by atoms with E-state index in [4.69, 9.17) is 9.47 Å². The number of hydrogen-bond donors (Lipinski definition) is 1. The number of aryl methyl sites for hydroxylation is 1. The van der Waals surface area contributed by atoms with Gasteiger partial charge >= 0.3 is 0 Å². The number of anilines is 1. The van der Waals surface area contributed by atoms with Gasteiger partial charge in [0.05, 0.1) is 25.7 Å². The van der Waals surface area contributed by atoms with Gasteiger partial charge in [0.2, 0.25) is 10.0 Å². The minimum Gasteiger partial charge on any atom is -0.497 e. The Labute approximate surface area is 268 Å². The fraction of sp³-hybridized carbons (Fsp3) is 0.613. The Morgan fingerprint density at radius 3 is 2.30 bits per heavy atom. The lowest BCUT2D eigenvalue weighted by Crippen LogP contribution is -2.48. The maximum absolute atomic E-state index is 14.2. The number of para-hydroxylation sites is 1. The number of rotatable bonds is 11. The first kappa shape index (κ1) is 34.0. The van der Waals surface area contributed by atoms with Gasteiger partial charge in [0.25, 0.3) is 10.0 Å². The molecule has 3 aliphatic rings. The Kier molecular flexibility index (Phi) is 11.8. The second-order valence-electron chi connectivity index (χ2n) is 11.8. The van der Waals surface area contributed by atoms with Crippen molar-refractivity contribution >= 4 is 42.7 Å². The summed E-state index contributed by atoms with van der Waals surface area (Å²) in [6.45, 7) is 2.04. The van der Waals surface area contributed by atoms with Crippen molar-refractivity contribution in [3.63, 3.8) is 0 Å². The number of sulfonamides is 2. The standard InChI is InChI=1S/C31H45N3O6S2.BrH/c1-39-28-14-15-31(30(22-28)40-2)42(37,38)34-27(13-12-25-10-6-7-11-29(25)34)18-21-41(35,36)33-19-16-26(17-20-33)32-23-24-8-4-3-5-9-24;/h6-7,10-11,14-15,22,24,26-27,32H,3-5,8-9,12-13,16-21,23H2,1-2H3;1H. The maximum atomic E-state index is 14.2. The highest BCUT2D eigenvalue weighted by atomic mass is 79.9. The van der Waals surface area contributed by atoms with Crippen LogP contribution in [-0.4, -0.2) is 72.8 Å². The van der Waals surface area contributed by atoms with Gasteiger partial charge in [-0.25, -0.2) is 21.1 Å². The minimum absolute atomic E-state index is 0. The quantitative estimate of drug-likeness (QED) is 0.346.